The summed E-state index contributed by atoms with van der Waals surface area (Å²) in [5.41, 5.74) is 1.44. The number of aromatic amines is 1. The molecule has 3 aromatic rings. The summed E-state index contributed by atoms with van der Waals surface area (Å²) in [5.74, 6) is 0.121. The minimum Gasteiger partial charge on any atom is -0.609 e. The third-order valence-corrected chi connectivity index (χ3v) is 5.85. The summed E-state index contributed by atoms with van der Waals surface area (Å²) in [4.78, 5) is 28.3. The molecule has 136 valence electrons. The molecule has 1 aliphatic heterocycles. The predicted octanol–water partition coefficient (Wildman–Crippen LogP) is 1.47. The molecule has 0 aromatic carbocycles. The highest BCUT2D eigenvalue weighted by Crippen LogP contribution is 2.31. The normalized spacial score (nSPS) is 16.1. The highest BCUT2D eigenvalue weighted by molar-refractivity contribution is 7.90. The van der Waals surface area contributed by atoms with E-state index in [1.807, 2.05) is 10.8 Å². The highest BCUT2D eigenvalue weighted by Gasteiger charge is 2.31. The number of aromatic nitrogens is 4. The van der Waals surface area contributed by atoms with Gasteiger partial charge < -0.3 is 14.2 Å². The first-order chi connectivity index (χ1) is 12.6. The first-order valence-corrected chi connectivity index (χ1v) is 10.0. The molecule has 10 nitrogen and oxygen atoms in total. The Balaban J connectivity index is 1.64. The zero-order chi connectivity index (χ0) is 18.1. The van der Waals surface area contributed by atoms with Gasteiger partial charge in [-0.2, -0.15) is 4.98 Å². The molecule has 4 rings (SSSR count). The Labute approximate surface area is 154 Å². The third-order valence-electron chi connectivity index (χ3n) is 3.96. The number of rotatable bonds is 5. The van der Waals surface area contributed by atoms with Crippen LogP contribution in [0.3, 0.4) is 0 Å². The Bertz CT molecular complexity index is 910. The molecule has 12 heteroatoms. The number of anilines is 1. The topological polar surface area (TPSA) is 133 Å². The standard InChI is InChI=1S/C14H14N6O4S2/c21-20(22)12-11(15-8-16-13(12)19-1-3-24-4-2-19)7-26(23)14-17-9-5-25-6-10(9)18-14/h5-6,8H,1-4,7H2,(H,17,18). The number of nitrogens with one attached hydrogen (secondary N) is 1. The van der Waals surface area contributed by atoms with E-state index in [4.69, 9.17) is 4.74 Å². The fraction of sp³-hybridized carbons (Fsp3) is 0.357. The van der Waals surface area contributed by atoms with Crippen molar-refractivity contribution in [1.29, 1.82) is 0 Å². The maximum absolute atomic E-state index is 12.6. The number of hydrogen-bond acceptors (Lipinski definition) is 9. The van der Waals surface area contributed by atoms with Gasteiger partial charge in [0.05, 0.1) is 23.7 Å². The van der Waals surface area contributed by atoms with Crippen molar-refractivity contribution in [2.75, 3.05) is 31.2 Å². The van der Waals surface area contributed by atoms with Crippen molar-refractivity contribution in [3.8, 4) is 0 Å². The maximum atomic E-state index is 12.6. The first kappa shape index (κ1) is 17.1. The van der Waals surface area contributed by atoms with E-state index in [2.05, 4.69) is 19.9 Å². The molecule has 1 atom stereocenters. The second-order valence-corrected chi connectivity index (χ2v) is 7.66. The van der Waals surface area contributed by atoms with E-state index in [0.717, 1.165) is 11.0 Å². The number of nitrogens with zero attached hydrogens (tertiary/aromatic N) is 5. The van der Waals surface area contributed by atoms with Gasteiger partial charge in [-0.3, -0.25) is 15.1 Å². The van der Waals surface area contributed by atoms with Crippen molar-refractivity contribution in [3.63, 3.8) is 0 Å². The second-order valence-electron chi connectivity index (χ2n) is 5.55. The van der Waals surface area contributed by atoms with Gasteiger partial charge in [0.1, 0.15) is 11.8 Å². The van der Waals surface area contributed by atoms with Crippen molar-refractivity contribution in [3.05, 3.63) is 32.9 Å². The first-order valence-electron chi connectivity index (χ1n) is 7.74. The van der Waals surface area contributed by atoms with Gasteiger partial charge >= 0.3 is 10.8 Å². The number of morpholine rings is 1. The van der Waals surface area contributed by atoms with Gasteiger partial charge in [0.25, 0.3) is 0 Å². The van der Waals surface area contributed by atoms with Gasteiger partial charge in [0.2, 0.25) is 5.82 Å². The molecule has 0 amide bonds. The van der Waals surface area contributed by atoms with Crippen LogP contribution in [0.4, 0.5) is 11.5 Å². The number of ether oxygens (including phenoxy) is 1. The molecule has 0 spiro atoms. The lowest BCUT2D eigenvalue weighted by Gasteiger charge is -2.27. The molecule has 1 N–H and O–H groups in total. The molecule has 4 heterocycles. The third kappa shape index (κ3) is 3.23. The van der Waals surface area contributed by atoms with Crippen molar-refractivity contribution in [2.45, 2.75) is 10.9 Å². The summed E-state index contributed by atoms with van der Waals surface area (Å²) in [7, 11) is 0. The zero-order valence-electron chi connectivity index (χ0n) is 13.5. The second kappa shape index (κ2) is 7.15. The smallest absolute Gasteiger partial charge is 0.337 e. The van der Waals surface area contributed by atoms with Crippen LogP contribution in [0.15, 0.2) is 22.2 Å². The number of thiophene rings is 1. The maximum Gasteiger partial charge on any atom is 0.337 e. The van der Waals surface area contributed by atoms with Gasteiger partial charge in [-0.05, 0) is 0 Å². The summed E-state index contributed by atoms with van der Waals surface area (Å²) in [6.07, 6.45) is 1.27. The molecule has 1 unspecified atom stereocenters. The zero-order valence-corrected chi connectivity index (χ0v) is 15.1. The van der Waals surface area contributed by atoms with Crippen molar-refractivity contribution in [2.24, 2.45) is 0 Å². The van der Waals surface area contributed by atoms with Crippen LogP contribution >= 0.6 is 11.3 Å². The average molecular weight is 394 g/mol. The lowest BCUT2D eigenvalue weighted by Crippen LogP contribution is -2.37. The molecule has 0 aliphatic carbocycles. The van der Waals surface area contributed by atoms with Crippen LogP contribution in [-0.2, 0) is 21.7 Å². The number of imidazole rings is 1. The number of nitro groups is 1. The Kier molecular flexibility index (Phi) is 4.72. The van der Waals surface area contributed by atoms with Crippen LogP contribution in [0, 0.1) is 10.1 Å². The van der Waals surface area contributed by atoms with Crippen LogP contribution in [0.5, 0.6) is 0 Å². The Morgan fingerprint density at radius 1 is 1.35 bits per heavy atom. The van der Waals surface area contributed by atoms with Gasteiger partial charge in [0.15, 0.2) is 11.4 Å². The largest absolute Gasteiger partial charge is 0.609 e. The lowest BCUT2D eigenvalue weighted by molar-refractivity contribution is -0.385. The molecule has 0 radical (unpaired) electrons. The Morgan fingerprint density at radius 3 is 2.88 bits per heavy atom. The minimum absolute atomic E-state index is 0.115. The van der Waals surface area contributed by atoms with Gasteiger partial charge in [-0.1, -0.05) is 0 Å². The number of hydrogen-bond donors (Lipinski definition) is 1. The SMILES string of the molecule is O=[N+]([O-])c1c(C[S+]([O-])c2nc3cscc3[nH]2)ncnc1N1CCOCC1. The quantitative estimate of drug-likeness (QED) is 0.391. The van der Waals surface area contributed by atoms with Gasteiger partial charge in [0, 0.05) is 35.0 Å². The van der Waals surface area contributed by atoms with Crippen LogP contribution in [0.2, 0.25) is 0 Å². The van der Waals surface area contributed by atoms with Crippen LogP contribution in [0.1, 0.15) is 5.69 Å². The van der Waals surface area contributed by atoms with E-state index < -0.39 is 16.1 Å². The molecule has 0 saturated carbocycles. The summed E-state index contributed by atoms with van der Waals surface area (Å²) >= 11 is -0.0957. The van der Waals surface area contributed by atoms with E-state index >= 15 is 0 Å². The minimum atomic E-state index is -1.59. The van der Waals surface area contributed by atoms with Gasteiger partial charge in [-0.25, -0.2) is 9.97 Å². The fourth-order valence-electron chi connectivity index (χ4n) is 2.73. The molecule has 3 aromatic heterocycles. The summed E-state index contributed by atoms with van der Waals surface area (Å²) in [6, 6.07) is 0. The van der Waals surface area contributed by atoms with E-state index in [-0.39, 0.29) is 28.1 Å². The van der Waals surface area contributed by atoms with Crippen molar-refractivity contribution >= 4 is 45.1 Å². The molecule has 0 bridgehead atoms. The predicted molar refractivity (Wildman–Crippen MR) is 95.8 cm³/mol. The fourth-order valence-corrected chi connectivity index (χ4v) is 4.44. The van der Waals surface area contributed by atoms with E-state index in [0.29, 0.717) is 26.3 Å². The average Bonchev–Trinajstić information content (AvgIpc) is 3.24. The molecule has 1 aliphatic rings. The monoisotopic (exact) mass is 394 g/mol. The molecule has 1 fully saturated rings. The summed E-state index contributed by atoms with van der Waals surface area (Å²) in [5, 5.41) is 15.6. The van der Waals surface area contributed by atoms with Crippen molar-refractivity contribution < 1.29 is 14.2 Å². The lowest BCUT2D eigenvalue weighted by atomic mass is 10.3. The summed E-state index contributed by atoms with van der Waals surface area (Å²) < 4.78 is 17.9. The number of fused-ring (bicyclic) bond motifs is 1. The Morgan fingerprint density at radius 2 is 2.15 bits per heavy atom. The summed E-state index contributed by atoms with van der Waals surface area (Å²) in [6.45, 7) is 1.97. The molecular formula is C14H14N6O4S2. The van der Waals surface area contributed by atoms with E-state index in [1.54, 1.807) is 4.90 Å². The van der Waals surface area contributed by atoms with Crippen LogP contribution in [-0.4, -0.2) is 55.7 Å². The number of H-pyrrole nitrogens is 1. The van der Waals surface area contributed by atoms with E-state index in [1.165, 1.54) is 17.7 Å². The van der Waals surface area contributed by atoms with Crippen LogP contribution in [0.25, 0.3) is 11.0 Å². The van der Waals surface area contributed by atoms with Gasteiger partial charge in [-0.15, -0.1) is 11.3 Å². The molecule has 1 saturated heterocycles. The molecule has 26 heavy (non-hydrogen) atoms. The van der Waals surface area contributed by atoms with Crippen molar-refractivity contribution in [1.82, 2.24) is 19.9 Å². The molecular weight excluding hydrogens is 380 g/mol. The highest BCUT2D eigenvalue weighted by atomic mass is 32.2. The van der Waals surface area contributed by atoms with E-state index in [9.17, 15) is 14.7 Å². The Hall–Kier alpha value is -2.28. The van der Waals surface area contributed by atoms with Crippen LogP contribution < -0.4 is 4.90 Å².